The van der Waals surface area contributed by atoms with Crippen molar-refractivity contribution in [2.75, 3.05) is 6.61 Å². The summed E-state index contributed by atoms with van der Waals surface area (Å²) in [5, 5.41) is 23.5. The third-order valence-electron chi connectivity index (χ3n) is 11.0. The topological polar surface area (TPSA) is 129 Å². The molecule has 2 aliphatic heterocycles. The van der Waals surface area contributed by atoms with Gasteiger partial charge in [-0.15, -0.1) is 0 Å². The van der Waals surface area contributed by atoms with E-state index in [4.69, 9.17) is 18.9 Å². The van der Waals surface area contributed by atoms with Gasteiger partial charge in [0.1, 0.15) is 36.1 Å². The Balaban J connectivity index is 1.49. The van der Waals surface area contributed by atoms with Crippen LogP contribution in [0.1, 0.15) is 67.7 Å². The van der Waals surface area contributed by atoms with Crippen molar-refractivity contribution < 1.29 is 43.5 Å². The van der Waals surface area contributed by atoms with E-state index in [1.165, 1.54) is 0 Å². The van der Waals surface area contributed by atoms with Crippen LogP contribution in [0.5, 0.6) is 0 Å². The molecule has 9 nitrogen and oxygen atoms in total. The first-order valence-corrected chi connectivity index (χ1v) is 14.8. The molecule has 2 aromatic carbocycles. The minimum atomic E-state index is -1.66. The zero-order valence-corrected chi connectivity index (χ0v) is 24.8. The minimum Gasteiger partial charge on any atom is -0.460 e. The van der Waals surface area contributed by atoms with Crippen molar-refractivity contribution in [3.05, 3.63) is 83.4 Å². The zero-order chi connectivity index (χ0) is 30.8. The number of benzene rings is 2. The predicted molar refractivity (Wildman–Crippen MR) is 154 cm³/mol. The standard InChI is InChI=1S/C34H38O9/c1-20-12-11-17-23-31(20,2)27(42-29(38)22-15-9-6-10-16-22)25(35)33(4)32(23,3)24(41-28(37)21-13-7-5-8-14-21)18-34(43-33)19-40-30(39)26(34)36/h5-10,12-16,23-27,35-36H,11,17-19H2,1-4H3/t23-,24-,25-,26-,27-,31-,32-,33-,34-/m0/s1. The maximum Gasteiger partial charge on any atom is 0.338 e. The third-order valence-corrected chi connectivity index (χ3v) is 11.0. The largest absolute Gasteiger partial charge is 0.460 e. The molecule has 3 fully saturated rings. The van der Waals surface area contributed by atoms with Gasteiger partial charge in [0.15, 0.2) is 6.10 Å². The first-order valence-electron chi connectivity index (χ1n) is 14.8. The molecular formula is C34H38O9. The number of rotatable bonds is 4. The molecule has 228 valence electrons. The van der Waals surface area contributed by atoms with Crippen molar-refractivity contribution in [3.63, 3.8) is 0 Å². The van der Waals surface area contributed by atoms with Gasteiger partial charge in [-0.2, -0.15) is 0 Å². The Morgan fingerprint density at radius 3 is 2.05 bits per heavy atom. The summed E-state index contributed by atoms with van der Waals surface area (Å²) in [6.07, 6.45) is -1.63. The molecule has 0 bridgehead atoms. The first kappa shape index (κ1) is 29.5. The normalized spacial score (nSPS) is 40.1. The molecule has 0 amide bonds. The second kappa shape index (κ2) is 10.3. The maximum absolute atomic E-state index is 13.6. The van der Waals surface area contributed by atoms with Crippen molar-refractivity contribution in [1.82, 2.24) is 0 Å². The van der Waals surface area contributed by atoms with E-state index < -0.39 is 64.4 Å². The summed E-state index contributed by atoms with van der Waals surface area (Å²) < 4.78 is 24.5. The smallest absolute Gasteiger partial charge is 0.338 e. The van der Waals surface area contributed by atoms with E-state index >= 15 is 0 Å². The minimum absolute atomic E-state index is 0.0267. The fraction of sp³-hybridized carbons (Fsp3) is 0.500. The van der Waals surface area contributed by atoms with Gasteiger partial charge in [-0.1, -0.05) is 61.9 Å². The molecule has 1 spiro atoms. The molecule has 6 rings (SSSR count). The van der Waals surface area contributed by atoms with Crippen molar-refractivity contribution >= 4 is 17.9 Å². The van der Waals surface area contributed by atoms with E-state index in [9.17, 15) is 24.6 Å². The lowest BCUT2D eigenvalue weighted by molar-refractivity contribution is -0.369. The van der Waals surface area contributed by atoms with Gasteiger partial charge >= 0.3 is 17.9 Å². The molecule has 9 atom stereocenters. The lowest BCUT2D eigenvalue weighted by Crippen LogP contribution is -2.80. The second-order valence-electron chi connectivity index (χ2n) is 13.0. The van der Waals surface area contributed by atoms with Crippen molar-refractivity contribution in [2.45, 2.75) is 82.6 Å². The van der Waals surface area contributed by atoms with Crippen molar-refractivity contribution in [1.29, 1.82) is 0 Å². The SMILES string of the molecule is CC1=CCC[C@H]2[C@@]1(C)[C@@H](OC(=O)c1ccccc1)[C@H](O)[C@]1(C)O[C@]3(COC(=O)[C@@H]3O)C[C@H](OC(=O)c3ccccc3)[C@]21C. The van der Waals surface area contributed by atoms with Crippen LogP contribution in [0.2, 0.25) is 0 Å². The van der Waals surface area contributed by atoms with E-state index in [0.717, 1.165) is 12.0 Å². The van der Waals surface area contributed by atoms with Crippen LogP contribution >= 0.6 is 0 Å². The Hall–Kier alpha value is -3.53. The van der Waals surface area contributed by atoms with E-state index in [0.29, 0.717) is 17.5 Å². The number of fused-ring (bicyclic) bond motifs is 3. The maximum atomic E-state index is 13.6. The van der Waals surface area contributed by atoms with Crippen LogP contribution < -0.4 is 0 Å². The highest BCUT2D eigenvalue weighted by Crippen LogP contribution is 2.68. The molecule has 0 aromatic heterocycles. The summed E-state index contributed by atoms with van der Waals surface area (Å²) in [5.74, 6) is -2.30. The second-order valence-corrected chi connectivity index (χ2v) is 13.0. The fourth-order valence-electron chi connectivity index (χ4n) is 8.29. The molecule has 2 heterocycles. The summed E-state index contributed by atoms with van der Waals surface area (Å²) in [6.45, 7) is 7.32. The molecule has 0 radical (unpaired) electrons. The van der Waals surface area contributed by atoms with Crippen LogP contribution in [0.15, 0.2) is 72.3 Å². The Labute approximate surface area is 250 Å². The summed E-state index contributed by atoms with van der Waals surface area (Å²) in [5.41, 5.74) is -3.41. The number of ether oxygens (including phenoxy) is 4. The van der Waals surface area contributed by atoms with Crippen LogP contribution in [0, 0.1) is 16.7 Å². The number of carbonyl (C=O) groups excluding carboxylic acids is 3. The zero-order valence-electron chi connectivity index (χ0n) is 24.8. The predicted octanol–water partition coefficient (Wildman–Crippen LogP) is 4.02. The van der Waals surface area contributed by atoms with Crippen LogP contribution in [0.4, 0.5) is 0 Å². The number of hydrogen-bond donors (Lipinski definition) is 2. The van der Waals surface area contributed by atoms with E-state index in [1.54, 1.807) is 67.6 Å². The molecule has 9 heteroatoms. The Kier molecular flexibility index (Phi) is 7.06. The van der Waals surface area contributed by atoms with Crippen LogP contribution in [0.3, 0.4) is 0 Å². The van der Waals surface area contributed by atoms with Crippen molar-refractivity contribution in [3.8, 4) is 0 Å². The highest BCUT2D eigenvalue weighted by molar-refractivity contribution is 5.90. The molecule has 0 unspecified atom stereocenters. The summed E-state index contributed by atoms with van der Waals surface area (Å²) in [7, 11) is 0. The summed E-state index contributed by atoms with van der Waals surface area (Å²) >= 11 is 0. The summed E-state index contributed by atoms with van der Waals surface area (Å²) in [6, 6.07) is 17.2. The third kappa shape index (κ3) is 4.19. The number of aliphatic hydroxyl groups is 2. The van der Waals surface area contributed by atoms with Gasteiger partial charge in [-0.05, 0) is 56.9 Å². The Bertz CT molecular complexity index is 1460. The van der Waals surface area contributed by atoms with Gasteiger partial charge in [0, 0.05) is 17.3 Å². The van der Waals surface area contributed by atoms with Crippen LogP contribution in [-0.2, 0) is 23.7 Å². The number of cyclic esters (lactones) is 1. The monoisotopic (exact) mass is 590 g/mol. The molecule has 2 saturated heterocycles. The van der Waals surface area contributed by atoms with Crippen LogP contribution in [0.25, 0.3) is 0 Å². The highest BCUT2D eigenvalue weighted by Gasteiger charge is 2.77. The number of aliphatic hydroxyl groups excluding tert-OH is 2. The van der Waals surface area contributed by atoms with Gasteiger partial charge < -0.3 is 29.2 Å². The first-order chi connectivity index (χ1) is 20.4. The van der Waals surface area contributed by atoms with Gasteiger partial charge in [0.05, 0.1) is 11.1 Å². The lowest BCUT2D eigenvalue weighted by atomic mass is 9.41. The summed E-state index contributed by atoms with van der Waals surface area (Å²) in [4.78, 5) is 39.6. The van der Waals surface area contributed by atoms with Gasteiger partial charge in [-0.25, -0.2) is 14.4 Å². The van der Waals surface area contributed by atoms with Gasteiger partial charge in [-0.3, -0.25) is 0 Å². The Morgan fingerprint density at radius 1 is 0.907 bits per heavy atom. The number of hydrogen-bond acceptors (Lipinski definition) is 9. The molecule has 1 saturated carbocycles. The van der Waals surface area contributed by atoms with Crippen molar-refractivity contribution in [2.24, 2.45) is 16.7 Å². The molecule has 43 heavy (non-hydrogen) atoms. The molecule has 2 aliphatic carbocycles. The van der Waals surface area contributed by atoms with Gasteiger partial charge in [0.25, 0.3) is 0 Å². The van der Waals surface area contributed by atoms with E-state index in [-0.39, 0.29) is 18.9 Å². The average Bonchev–Trinajstić information content (AvgIpc) is 3.27. The van der Waals surface area contributed by atoms with Gasteiger partial charge in [0.2, 0.25) is 0 Å². The quantitative estimate of drug-likeness (QED) is 0.308. The highest BCUT2D eigenvalue weighted by atomic mass is 16.6. The van der Waals surface area contributed by atoms with E-state index in [2.05, 4.69) is 6.08 Å². The molecule has 4 aliphatic rings. The Morgan fingerprint density at radius 2 is 1.49 bits per heavy atom. The fourth-order valence-corrected chi connectivity index (χ4v) is 8.29. The number of allylic oxidation sites excluding steroid dienone is 1. The van der Waals surface area contributed by atoms with E-state index in [1.807, 2.05) is 20.8 Å². The van der Waals surface area contributed by atoms with Crippen LogP contribution in [-0.4, -0.2) is 70.3 Å². The number of esters is 3. The average molecular weight is 591 g/mol. The molecule has 2 N–H and O–H groups in total. The lowest BCUT2D eigenvalue weighted by Gasteiger charge is -2.70. The molecular weight excluding hydrogens is 552 g/mol. The number of carbonyl (C=O) groups is 3. The molecule has 2 aromatic rings.